The van der Waals surface area contributed by atoms with Gasteiger partial charge in [-0.15, -0.1) is 0 Å². The molecule has 0 spiro atoms. The average molecular weight is 165 g/mol. The Hall–Kier alpha value is -1.38. The van der Waals surface area contributed by atoms with Crippen molar-refractivity contribution in [1.82, 2.24) is 15.2 Å². The fourth-order valence-electron chi connectivity index (χ4n) is 1.01. The number of rotatable bonds is 0. The van der Waals surface area contributed by atoms with Gasteiger partial charge in [-0.1, -0.05) is 13.8 Å². The Morgan fingerprint density at radius 1 is 1.42 bits per heavy atom. The number of aromatic amines is 1. The van der Waals surface area contributed by atoms with Crippen LogP contribution in [0.25, 0.3) is 10.9 Å². The highest BCUT2D eigenvalue weighted by atomic mass is 15.1. The van der Waals surface area contributed by atoms with E-state index in [-0.39, 0.29) is 1.43 Å². The van der Waals surface area contributed by atoms with Gasteiger partial charge in [0, 0.05) is 13.0 Å². The molecule has 0 aliphatic carbocycles. The zero-order chi connectivity index (χ0) is 8.97. The Labute approximate surface area is 73.3 Å². The standard InChI is InChI=1S/C7H7N3.C2H6.H2/c1-5-7-6(2-3-8-5)4-9-10-7;1-2;/h2-4H,1H3,(H,9,10);1-2H3;1H. The van der Waals surface area contributed by atoms with Gasteiger partial charge in [-0.3, -0.25) is 10.1 Å². The normalized spacial score (nSPS) is 9.25. The molecule has 12 heavy (non-hydrogen) atoms. The zero-order valence-electron chi connectivity index (χ0n) is 7.63. The molecule has 3 nitrogen and oxygen atoms in total. The molecule has 2 rings (SSSR count). The van der Waals surface area contributed by atoms with Crippen LogP contribution in [0.5, 0.6) is 0 Å². The van der Waals surface area contributed by atoms with Gasteiger partial charge in [0.2, 0.25) is 0 Å². The van der Waals surface area contributed by atoms with Gasteiger partial charge in [0.25, 0.3) is 0 Å². The van der Waals surface area contributed by atoms with Crippen LogP contribution in [-0.2, 0) is 0 Å². The molecular weight excluding hydrogens is 150 g/mol. The largest absolute Gasteiger partial charge is 0.276 e. The number of pyridine rings is 1. The Morgan fingerprint density at radius 3 is 2.83 bits per heavy atom. The lowest BCUT2D eigenvalue weighted by atomic mass is 10.3. The average Bonchev–Trinajstić information content (AvgIpc) is 2.57. The highest BCUT2D eigenvalue weighted by molar-refractivity contribution is 5.79. The molecular formula is C9H15N3. The molecule has 66 valence electrons. The highest BCUT2D eigenvalue weighted by Crippen LogP contribution is 2.10. The third-order valence-electron chi connectivity index (χ3n) is 1.55. The van der Waals surface area contributed by atoms with E-state index in [1.165, 1.54) is 0 Å². The topological polar surface area (TPSA) is 41.6 Å². The van der Waals surface area contributed by atoms with Gasteiger partial charge in [-0.2, -0.15) is 5.10 Å². The minimum absolute atomic E-state index is 0. The first-order chi connectivity index (χ1) is 5.88. The van der Waals surface area contributed by atoms with Crippen LogP contribution < -0.4 is 0 Å². The number of fused-ring (bicyclic) bond motifs is 1. The van der Waals surface area contributed by atoms with Crippen molar-refractivity contribution in [2.45, 2.75) is 20.8 Å². The molecule has 0 aromatic carbocycles. The van der Waals surface area contributed by atoms with Crippen molar-refractivity contribution in [3.63, 3.8) is 0 Å². The van der Waals surface area contributed by atoms with E-state index < -0.39 is 0 Å². The van der Waals surface area contributed by atoms with E-state index in [9.17, 15) is 0 Å². The van der Waals surface area contributed by atoms with Gasteiger partial charge in [-0.25, -0.2) is 0 Å². The summed E-state index contributed by atoms with van der Waals surface area (Å²) in [5.74, 6) is 0. The number of nitrogens with zero attached hydrogens (tertiary/aromatic N) is 2. The van der Waals surface area contributed by atoms with Gasteiger partial charge in [0.1, 0.15) is 0 Å². The van der Waals surface area contributed by atoms with Gasteiger partial charge >= 0.3 is 0 Å². The minimum Gasteiger partial charge on any atom is -0.276 e. The van der Waals surface area contributed by atoms with Gasteiger partial charge in [0.05, 0.1) is 17.4 Å². The number of aryl methyl sites for hydroxylation is 1. The highest BCUT2D eigenvalue weighted by Gasteiger charge is 1.96. The Balaban J connectivity index is 0.000000451. The smallest absolute Gasteiger partial charge is 0.0862 e. The summed E-state index contributed by atoms with van der Waals surface area (Å²) in [7, 11) is 0. The molecule has 0 radical (unpaired) electrons. The van der Waals surface area contributed by atoms with Crippen molar-refractivity contribution in [3.8, 4) is 0 Å². The molecule has 0 aliphatic rings. The first kappa shape index (κ1) is 8.71. The molecule has 3 heteroatoms. The Kier molecular flexibility index (Phi) is 2.80. The predicted molar refractivity (Wildman–Crippen MR) is 52.1 cm³/mol. The van der Waals surface area contributed by atoms with Crippen molar-refractivity contribution >= 4 is 10.9 Å². The summed E-state index contributed by atoms with van der Waals surface area (Å²) >= 11 is 0. The summed E-state index contributed by atoms with van der Waals surface area (Å²) in [5.41, 5.74) is 2.03. The SMILES string of the molecule is CC.Cc1nccc2cn[nH]c12.[HH]. The van der Waals surface area contributed by atoms with Crippen LogP contribution in [0.4, 0.5) is 0 Å². The summed E-state index contributed by atoms with van der Waals surface area (Å²) in [6, 6.07) is 1.94. The van der Waals surface area contributed by atoms with Crippen LogP contribution in [0.3, 0.4) is 0 Å². The molecule has 0 saturated heterocycles. The van der Waals surface area contributed by atoms with Crippen molar-refractivity contribution < 1.29 is 1.43 Å². The van der Waals surface area contributed by atoms with E-state index in [4.69, 9.17) is 0 Å². The lowest BCUT2D eigenvalue weighted by Gasteiger charge is -1.90. The van der Waals surface area contributed by atoms with E-state index in [1.807, 2.05) is 26.8 Å². The molecule has 0 atom stereocenters. The lowest BCUT2D eigenvalue weighted by Crippen LogP contribution is -1.80. The Morgan fingerprint density at radius 2 is 2.17 bits per heavy atom. The second-order valence-electron chi connectivity index (χ2n) is 2.23. The van der Waals surface area contributed by atoms with Gasteiger partial charge in [-0.05, 0) is 13.0 Å². The van der Waals surface area contributed by atoms with E-state index >= 15 is 0 Å². The molecule has 0 fully saturated rings. The van der Waals surface area contributed by atoms with Gasteiger partial charge in [0.15, 0.2) is 0 Å². The van der Waals surface area contributed by atoms with Crippen molar-refractivity contribution in [2.24, 2.45) is 0 Å². The number of hydrogen-bond donors (Lipinski definition) is 1. The second kappa shape index (κ2) is 3.85. The first-order valence-electron chi connectivity index (χ1n) is 4.12. The Bertz CT molecular complexity index is 356. The monoisotopic (exact) mass is 165 g/mol. The van der Waals surface area contributed by atoms with Gasteiger partial charge < -0.3 is 0 Å². The summed E-state index contributed by atoms with van der Waals surface area (Å²) in [6.45, 7) is 5.96. The first-order valence-corrected chi connectivity index (χ1v) is 4.12. The molecule has 2 aromatic heterocycles. The van der Waals surface area contributed by atoms with Crippen LogP contribution in [0.15, 0.2) is 18.5 Å². The summed E-state index contributed by atoms with van der Waals surface area (Å²) in [5, 5.41) is 7.89. The van der Waals surface area contributed by atoms with E-state index in [0.29, 0.717) is 0 Å². The minimum atomic E-state index is 0. The van der Waals surface area contributed by atoms with Crippen molar-refractivity contribution in [1.29, 1.82) is 0 Å². The van der Waals surface area contributed by atoms with E-state index in [2.05, 4.69) is 15.2 Å². The quantitative estimate of drug-likeness (QED) is 0.651. The molecule has 0 unspecified atom stereocenters. The van der Waals surface area contributed by atoms with Crippen LogP contribution >= 0.6 is 0 Å². The third-order valence-corrected chi connectivity index (χ3v) is 1.55. The molecule has 0 amide bonds. The molecule has 0 aliphatic heterocycles. The second-order valence-corrected chi connectivity index (χ2v) is 2.23. The van der Waals surface area contributed by atoms with E-state index in [1.54, 1.807) is 12.4 Å². The molecule has 0 bridgehead atoms. The maximum Gasteiger partial charge on any atom is 0.0862 e. The predicted octanol–water partition coefficient (Wildman–Crippen LogP) is 2.54. The maximum atomic E-state index is 4.11. The number of aromatic nitrogens is 3. The number of nitrogens with one attached hydrogen (secondary N) is 1. The molecule has 0 saturated carbocycles. The van der Waals surface area contributed by atoms with Crippen LogP contribution in [0.2, 0.25) is 0 Å². The third kappa shape index (κ3) is 1.44. The van der Waals surface area contributed by atoms with Crippen LogP contribution in [-0.4, -0.2) is 15.2 Å². The summed E-state index contributed by atoms with van der Waals surface area (Å²) in [4.78, 5) is 4.11. The molecule has 2 heterocycles. The number of H-pyrrole nitrogens is 1. The molecule has 2 aromatic rings. The number of hydrogen-bond acceptors (Lipinski definition) is 2. The zero-order valence-corrected chi connectivity index (χ0v) is 7.63. The lowest BCUT2D eigenvalue weighted by molar-refractivity contribution is 1.10. The summed E-state index contributed by atoms with van der Waals surface area (Å²) in [6.07, 6.45) is 3.58. The van der Waals surface area contributed by atoms with E-state index in [0.717, 1.165) is 16.6 Å². The van der Waals surface area contributed by atoms with Crippen molar-refractivity contribution in [3.05, 3.63) is 24.2 Å². The molecule has 1 N–H and O–H groups in total. The maximum absolute atomic E-state index is 4.11. The fraction of sp³-hybridized carbons (Fsp3) is 0.333. The van der Waals surface area contributed by atoms with Crippen LogP contribution in [0.1, 0.15) is 21.0 Å². The summed E-state index contributed by atoms with van der Waals surface area (Å²) < 4.78 is 0. The fourth-order valence-corrected chi connectivity index (χ4v) is 1.01. The van der Waals surface area contributed by atoms with Crippen LogP contribution in [0, 0.1) is 6.92 Å². The van der Waals surface area contributed by atoms with Crippen molar-refractivity contribution in [2.75, 3.05) is 0 Å².